The van der Waals surface area contributed by atoms with Crippen molar-refractivity contribution in [3.8, 4) is 51.7 Å². The van der Waals surface area contributed by atoms with Crippen molar-refractivity contribution in [1.29, 1.82) is 0 Å². The quantitative estimate of drug-likeness (QED) is 0.0325. The molecule has 356 valence electrons. The highest BCUT2D eigenvalue weighted by atomic mass is 16.6. The van der Waals surface area contributed by atoms with Crippen LogP contribution < -0.4 is 42.6 Å². The summed E-state index contributed by atoms with van der Waals surface area (Å²) in [6, 6.07) is 11.1. The van der Waals surface area contributed by atoms with Gasteiger partial charge in [-0.15, -0.1) is 0 Å². The lowest BCUT2D eigenvalue weighted by atomic mass is 9.93. The van der Waals surface area contributed by atoms with E-state index in [1.54, 1.807) is 18.2 Å². The number of ether oxygens (including phenoxy) is 10. The van der Waals surface area contributed by atoms with E-state index < -0.39 is 18.2 Å². The number of unbranched alkanes of at least 4 members (excludes halogenated alkanes) is 7. The maximum atomic E-state index is 14.7. The Labute approximate surface area is 384 Å². The zero-order chi connectivity index (χ0) is 45.9. The first-order chi connectivity index (χ1) is 31.3. The first-order valence-corrected chi connectivity index (χ1v) is 24.4. The molecule has 11 heteroatoms. The molecule has 0 aliphatic carbocycles. The summed E-state index contributed by atoms with van der Waals surface area (Å²) < 4.78 is 64.4. The molecule has 3 aromatic carbocycles. The van der Waals surface area contributed by atoms with Gasteiger partial charge in [0.1, 0.15) is 30.0 Å². The normalized spacial score (nSPS) is 14.2. The third-order valence-corrected chi connectivity index (χ3v) is 10.7. The monoisotopic (exact) mass is 891 g/mol. The minimum atomic E-state index is -0.815. The predicted octanol–water partition coefficient (Wildman–Crippen LogP) is 13.4. The SMILES string of the molecule is C=CCOc1c(OCCCC)cc(C(=O)O[C@@H]2Cc3c(OCCCC)cc(OCCCC)cc3O[C@@H]2c2cc(OCCCC)c(OCCCC)c(OCCCC)c2)cc1OCCCC. The Hall–Kier alpha value is -4.93. The molecule has 4 rings (SSSR count). The van der Waals surface area contributed by atoms with Gasteiger partial charge in [-0.1, -0.05) is 106 Å². The van der Waals surface area contributed by atoms with Gasteiger partial charge < -0.3 is 47.4 Å². The molecule has 1 aliphatic heterocycles. The molecular formula is C53H78O11. The molecule has 0 fully saturated rings. The number of hydrogen-bond donors (Lipinski definition) is 0. The molecule has 2 atom stereocenters. The molecule has 0 bridgehead atoms. The maximum Gasteiger partial charge on any atom is 0.338 e. The summed E-state index contributed by atoms with van der Waals surface area (Å²) in [5.74, 6) is 4.26. The standard InChI is InChI=1S/C53H78O11/c1-9-17-25-55-41-36-43(56-26-18-10-2)42-38-49(64-53(54)40-34-47(59-29-21-13-5)51(61-24-16-8)48(35-40)60-30-22-14-6)50(63-44(42)37-41)39-32-45(57-27-19-11-3)52(62-31-23-15-7)46(33-39)58-28-20-12-4/h16,32-37,49-50H,8-15,17-31,38H2,1-7H3/t49-,50-/m1/s1. The van der Waals surface area contributed by atoms with E-state index in [2.05, 4.69) is 55.0 Å². The second kappa shape index (κ2) is 29.5. The van der Waals surface area contributed by atoms with Crippen LogP contribution in [0.4, 0.5) is 0 Å². The summed E-state index contributed by atoms with van der Waals surface area (Å²) in [5, 5.41) is 0. The third kappa shape index (κ3) is 15.9. The summed E-state index contributed by atoms with van der Waals surface area (Å²) >= 11 is 0. The van der Waals surface area contributed by atoms with Gasteiger partial charge in [0.25, 0.3) is 0 Å². The van der Waals surface area contributed by atoms with Crippen LogP contribution in [0.3, 0.4) is 0 Å². The lowest BCUT2D eigenvalue weighted by molar-refractivity contribution is -0.0191. The number of rotatable bonds is 34. The molecular weight excluding hydrogens is 813 g/mol. The Morgan fingerprint density at radius 2 is 0.969 bits per heavy atom. The van der Waals surface area contributed by atoms with Gasteiger partial charge >= 0.3 is 5.97 Å². The number of fused-ring (bicyclic) bond motifs is 1. The Kier molecular flexibility index (Phi) is 23.8. The number of carbonyl (C=O) groups is 1. The Balaban J connectivity index is 1.90. The predicted molar refractivity (Wildman–Crippen MR) is 254 cm³/mol. The molecule has 0 unspecified atom stereocenters. The van der Waals surface area contributed by atoms with Gasteiger partial charge in [0.05, 0.1) is 51.8 Å². The van der Waals surface area contributed by atoms with Crippen molar-refractivity contribution in [2.75, 3.05) is 52.9 Å². The molecule has 0 spiro atoms. The average Bonchev–Trinajstić information content (AvgIpc) is 3.29. The van der Waals surface area contributed by atoms with Gasteiger partial charge in [0, 0.05) is 29.7 Å². The molecule has 1 heterocycles. The molecule has 11 nitrogen and oxygen atoms in total. The zero-order valence-electron chi connectivity index (χ0n) is 40.2. The van der Waals surface area contributed by atoms with Crippen LogP contribution >= 0.6 is 0 Å². The van der Waals surface area contributed by atoms with E-state index in [1.807, 2.05) is 24.3 Å². The number of hydrogen-bond acceptors (Lipinski definition) is 11. The lowest BCUT2D eigenvalue weighted by Gasteiger charge is -2.35. The van der Waals surface area contributed by atoms with Crippen LogP contribution in [0.25, 0.3) is 0 Å². The van der Waals surface area contributed by atoms with Crippen molar-refractivity contribution in [2.45, 2.75) is 157 Å². The molecule has 1 aliphatic rings. The summed E-state index contributed by atoms with van der Waals surface area (Å²) in [6.45, 7) is 22.4. The van der Waals surface area contributed by atoms with Crippen molar-refractivity contribution in [3.63, 3.8) is 0 Å². The smallest absolute Gasteiger partial charge is 0.338 e. The zero-order valence-corrected chi connectivity index (χ0v) is 40.2. The Bertz CT molecular complexity index is 1760. The molecule has 0 saturated heterocycles. The topological polar surface area (TPSA) is 109 Å². The molecule has 0 saturated carbocycles. The molecule has 0 N–H and O–H groups in total. The lowest BCUT2D eigenvalue weighted by Crippen LogP contribution is -2.35. The van der Waals surface area contributed by atoms with Crippen LogP contribution in [-0.4, -0.2) is 64.9 Å². The van der Waals surface area contributed by atoms with E-state index >= 15 is 0 Å². The first-order valence-electron chi connectivity index (χ1n) is 24.4. The molecule has 0 amide bonds. The molecule has 0 aromatic heterocycles. The van der Waals surface area contributed by atoms with Gasteiger partial charge in [-0.2, -0.15) is 0 Å². The van der Waals surface area contributed by atoms with Crippen molar-refractivity contribution in [3.05, 3.63) is 65.7 Å². The summed E-state index contributed by atoms with van der Waals surface area (Å²) in [6.07, 6.45) is 13.2. The number of carbonyl (C=O) groups excluding carboxylic acids is 1. The van der Waals surface area contributed by atoms with E-state index in [0.717, 1.165) is 101 Å². The van der Waals surface area contributed by atoms with Gasteiger partial charge in [0.15, 0.2) is 29.1 Å². The van der Waals surface area contributed by atoms with E-state index in [4.69, 9.17) is 47.4 Å². The van der Waals surface area contributed by atoms with Gasteiger partial charge in [-0.25, -0.2) is 4.79 Å². The van der Waals surface area contributed by atoms with Crippen molar-refractivity contribution in [1.82, 2.24) is 0 Å². The molecule has 64 heavy (non-hydrogen) atoms. The molecule has 0 radical (unpaired) electrons. The van der Waals surface area contributed by atoms with E-state index in [9.17, 15) is 4.79 Å². The minimum absolute atomic E-state index is 0.239. The van der Waals surface area contributed by atoms with E-state index in [-0.39, 0.29) is 12.2 Å². The Morgan fingerprint density at radius 1 is 0.547 bits per heavy atom. The number of benzene rings is 3. The summed E-state index contributed by atoms with van der Waals surface area (Å²) in [4.78, 5) is 14.7. The van der Waals surface area contributed by atoms with Crippen molar-refractivity contribution >= 4 is 5.97 Å². The van der Waals surface area contributed by atoms with Crippen LogP contribution in [0.1, 0.15) is 166 Å². The highest BCUT2D eigenvalue weighted by Gasteiger charge is 2.38. The van der Waals surface area contributed by atoms with E-state index in [0.29, 0.717) is 104 Å². The molecule has 3 aromatic rings. The Morgan fingerprint density at radius 3 is 1.44 bits per heavy atom. The second-order valence-electron chi connectivity index (χ2n) is 16.2. The van der Waals surface area contributed by atoms with E-state index in [1.165, 1.54) is 0 Å². The highest BCUT2D eigenvalue weighted by Crippen LogP contribution is 2.48. The van der Waals surface area contributed by atoms with Gasteiger partial charge in [-0.3, -0.25) is 0 Å². The van der Waals surface area contributed by atoms with Gasteiger partial charge in [0.2, 0.25) is 11.5 Å². The minimum Gasteiger partial charge on any atom is -0.493 e. The highest BCUT2D eigenvalue weighted by molar-refractivity contribution is 5.91. The fourth-order valence-electron chi connectivity index (χ4n) is 6.82. The second-order valence-corrected chi connectivity index (χ2v) is 16.2. The fraction of sp³-hybridized carbons (Fsp3) is 0.604. The van der Waals surface area contributed by atoms with Gasteiger partial charge in [-0.05, 0) is 69.2 Å². The first kappa shape index (κ1) is 51.7. The maximum absolute atomic E-state index is 14.7. The van der Waals surface area contributed by atoms with Crippen molar-refractivity contribution < 1.29 is 52.2 Å². The van der Waals surface area contributed by atoms with Crippen LogP contribution in [0.15, 0.2) is 49.1 Å². The third-order valence-electron chi connectivity index (χ3n) is 10.7. The van der Waals surface area contributed by atoms with Crippen LogP contribution in [0.5, 0.6) is 51.7 Å². The van der Waals surface area contributed by atoms with Crippen LogP contribution in [0.2, 0.25) is 0 Å². The summed E-state index contributed by atoms with van der Waals surface area (Å²) in [7, 11) is 0. The average molecular weight is 891 g/mol. The summed E-state index contributed by atoms with van der Waals surface area (Å²) in [5.41, 5.74) is 1.78. The fourth-order valence-corrected chi connectivity index (χ4v) is 6.82. The number of esters is 1. The largest absolute Gasteiger partial charge is 0.493 e. The van der Waals surface area contributed by atoms with Crippen LogP contribution in [0, 0.1) is 0 Å². The van der Waals surface area contributed by atoms with Crippen LogP contribution in [-0.2, 0) is 11.2 Å². The van der Waals surface area contributed by atoms with Crippen molar-refractivity contribution in [2.24, 2.45) is 0 Å².